The van der Waals surface area contributed by atoms with Gasteiger partial charge in [-0.25, -0.2) is 8.42 Å². The van der Waals surface area contributed by atoms with Crippen molar-refractivity contribution >= 4 is 89.1 Å². The highest BCUT2D eigenvalue weighted by atomic mass is 79.9. The van der Waals surface area contributed by atoms with Gasteiger partial charge in [-0.15, -0.1) is 22.7 Å². The second kappa shape index (κ2) is 7.98. The quantitative estimate of drug-likeness (QED) is 0.345. The molecule has 0 fully saturated rings. The Kier molecular flexibility index (Phi) is 6.32. The Bertz CT molecular complexity index is 1120. The van der Waals surface area contributed by atoms with Gasteiger partial charge in [0.15, 0.2) is 0 Å². The van der Waals surface area contributed by atoms with Crippen LogP contribution in [0.3, 0.4) is 0 Å². The highest BCUT2D eigenvalue weighted by Crippen LogP contribution is 2.45. The smallest absolute Gasteiger partial charge is 0.277 e. The summed E-state index contributed by atoms with van der Waals surface area (Å²) in [6.45, 7) is 0. The number of alkyl halides is 3. The average molecular weight is 572 g/mol. The molecule has 1 aromatic carbocycles. The van der Waals surface area contributed by atoms with Crippen LogP contribution in [0, 0.1) is 0 Å². The molecule has 0 saturated heterocycles. The van der Waals surface area contributed by atoms with Gasteiger partial charge in [-0.1, -0.05) is 34.8 Å². The lowest BCUT2D eigenvalue weighted by Gasteiger charge is -2.13. The first-order chi connectivity index (χ1) is 12.9. The number of hydrogen-bond donors (Lipinski definition) is 1. The van der Waals surface area contributed by atoms with Crippen LogP contribution in [0.1, 0.15) is 5.56 Å². The molecule has 3 nitrogen and oxygen atoms in total. The molecule has 13 heteroatoms. The Morgan fingerprint density at radius 3 is 2.14 bits per heavy atom. The molecule has 0 aliphatic heterocycles. The lowest BCUT2D eigenvalue weighted by molar-refractivity contribution is -0.137. The van der Waals surface area contributed by atoms with E-state index in [0.29, 0.717) is 4.47 Å². The number of rotatable bonds is 4. The minimum Gasteiger partial charge on any atom is -0.277 e. The number of thiophene rings is 2. The third-order valence-electron chi connectivity index (χ3n) is 3.43. The molecule has 0 spiro atoms. The molecule has 3 rings (SSSR count). The van der Waals surface area contributed by atoms with Gasteiger partial charge in [-0.05, 0) is 34.1 Å². The van der Waals surface area contributed by atoms with Gasteiger partial charge in [0.1, 0.15) is 8.55 Å². The Morgan fingerprint density at radius 1 is 1.04 bits per heavy atom. The van der Waals surface area contributed by atoms with Crippen molar-refractivity contribution in [3.8, 4) is 11.1 Å². The maximum absolute atomic E-state index is 12.9. The van der Waals surface area contributed by atoms with Crippen LogP contribution >= 0.6 is 73.4 Å². The van der Waals surface area contributed by atoms with Gasteiger partial charge in [0.25, 0.3) is 10.0 Å². The van der Waals surface area contributed by atoms with E-state index < -0.39 is 21.8 Å². The van der Waals surface area contributed by atoms with Crippen LogP contribution in [0.25, 0.3) is 11.1 Å². The predicted octanol–water partition coefficient (Wildman–Crippen LogP) is 8.02. The summed E-state index contributed by atoms with van der Waals surface area (Å²) in [5.41, 5.74) is -0.504. The second-order valence-electron chi connectivity index (χ2n) is 5.30. The summed E-state index contributed by atoms with van der Waals surface area (Å²) in [4.78, 5) is 0. The fourth-order valence-electron chi connectivity index (χ4n) is 2.22. The van der Waals surface area contributed by atoms with Crippen molar-refractivity contribution in [2.24, 2.45) is 0 Å². The summed E-state index contributed by atoms with van der Waals surface area (Å²) in [7, 11) is -3.98. The molecule has 28 heavy (non-hydrogen) atoms. The first-order valence-corrected chi connectivity index (χ1v) is 12.2. The Labute approximate surface area is 189 Å². The zero-order valence-corrected chi connectivity index (χ0v) is 19.4. The molecule has 2 aromatic heterocycles. The van der Waals surface area contributed by atoms with Crippen molar-refractivity contribution in [3.63, 3.8) is 0 Å². The zero-order chi connectivity index (χ0) is 20.9. The zero-order valence-electron chi connectivity index (χ0n) is 13.1. The largest absolute Gasteiger partial charge is 0.416 e. The van der Waals surface area contributed by atoms with E-state index in [1.54, 1.807) is 0 Å². The second-order valence-corrected chi connectivity index (χ2v) is 11.3. The Hall–Kier alpha value is -0.490. The lowest BCUT2D eigenvalue weighted by atomic mass is 10.1. The van der Waals surface area contributed by atoms with E-state index in [0.717, 1.165) is 34.8 Å². The van der Waals surface area contributed by atoms with Crippen LogP contribution in [0.4, 0.5) is 18.9 Å². The molecular formula is C15H6BrCl3F3NO2S3. The van der Waals surface area contributed by atoms with Gasteiger partial charge in [0.2, 0.25) is 0 Å². The van der Waals surface area contributed by atoms with Crippen LogP contribution in [-0.4, -0.2) is 8.42 Å². The van der Waals surface area contributed by atoms with E-state index in [1.165, 1.54) is 16.8 Å². The summed E-state index contributed by atoms with van der Waals surface area (Å²) < 4.78 is 67.1. The summed E-state index contributed by atoms with van der Waals surface area (Å²) >= 11 is 23.1. The predicted molar refractivity (Wildman–Crippen MR) is 113 cm³/mol. The molecule has 0 aliphatic rings. The molecule has 0 bridgehead atoms. The first-order valence-electron chi connectivity index (χ1n) is 7.00. The molecule has 0 amide bonds. The molecule has 0 unspecified atom stereocenters. The number of halogens is 7. The van der Waals surface area contributed by atoms with Gasteiger partial charge < -0.3 is 0 Å². The SMILES string of the molecule is O=S(=O)(Nc1cscc1-c1c(Cl)cc(C(F)(F)F)cc1Cl)c1cc(Br)c(Cl)s1. The molecule has 3 aromatic rings. The van der Waals surface area contributed by atoms with Crippen molar-refractivity contribution in [2.45, 2.75) is 10.4 Å². The standard InChI is InChI=1S/C15H6BrCl3F3NO2S3/c16-8-3-12(27-14(8)19)28(24,25)23-11-5-26-4-7(11)13-9(17)1-6(2-10(13)18)15(20,21)22/h1-5,23H. The van der Waals surface area contributed by atoms with E-state index in [-0.39, 0.29) is 35.4 Å². The third-order valence-corrected chi connectivity index (χ3v) is 9.09. The van der Waals surface area contributed by atoms with Crippen molar-refractivity contribution in [1.82, 2.24) is 0 Å². The van der Waals surface area contributed by atoms with E-state index in [9.17, 15) is 21.6 Å². The van der Waals surface area contributed by atoms with Gasteiger partial charge >= 0.3 is 6.18 Å². The Balaban J connectivity index is 2.03. The molecule has 150 valence electrons. The lowest BCUT2D eigenvalue weighted by Crippen LogP contribution is -2.11. The van der Waals surface area contributed by atoms with Crippen molar-refractivity contribution in [2.75, 3.05) is 4.72 Å². The van der Waals surface area contributed by atoms with Crippen LogP contribution in [-0.2, 0) is 16.2 Å². The minimum atomic E-state index is -4.61. The summed E-state index contributed by atoms with van der Waals surface area (Å²) in [5, 5.41) is 2.53. The fraction of sp³-hybridized carbons (Fsp3) is 0.0667. The first kappa shape index (κ1) is 22.2. The van der Waals surface area contributed by atoms with Gasteiger partial charge in [0.05, 0.1) is 21.3 Å². The van der Waals surface area contributed by atoms with Crippen molar-refractivity contribution < 1.29 is 21.6 Å². The number of hydrogen-bond acceptors (Lipinski definition) is 4. The van der Waals surface area contributed by atoms with Crippen LogP contribution in [0.2, 0.25) is 14.4 Å². The number of benzene rings is 1. The normalized spacial score (nSPS) is 12.4. The number of sulfonamides is 1. The highest BCUT2D eigenvalue weighted by Gasteiger charge is 2.32. The maximum atomic E-state index is 12.9. The molecule has 0 radical (unpaired) electrons. The van der Waals surface area contributed by atoms with E-state index in [2.05, 4.69) is 20.7 Å². The molecule has 0 saturated carbocycles. The van der Waals surface area contributed by atoms with Crippen molar-refractivity contribution in [3.05, 3.63) is 53.4 Å². The molecular weight excluding hydrogens is 566 g/mol. The van der Waals surface area contributed by atoms with E-state index >= 15 is 0 Å². The van der Waals surface area contributed by atoms with Crippen LogP contribution in [0.5, 0.6) is 0 Å². The molecule has 0 atom stereocenters. The monoisotopic (exact) mass is 569 g/mol. The average Bonchev–Trinajstić information content (AvgIpc) is 3.13. The summed E-state index contributed by atoms with van der Waals surface area (Å²) in [6, 6.07) is 2.84. The number of anilines is 1. The van der Waals surface area contributed by atoms with E-state index in [1.807, 2.05) is 0 Å². The molecule has 2 heterocycles. The Morgan fingerprint density at radius 2 is 1.64 bits per heavy atom. The fourth-order valence-corrected chi connectivity index (χ4v) is 7.13. The topological polar surface area (TPSA) is 46.2 Å². The summed E-state index contributed by atoms with van der Waals surface area (Å²) in [6.07, 6.45) is -4.61. The van der Waals surface area contributed by atoms with Crippen LogP contribution in [0.15, 0.2) is 37.6 Å². The summed E-state index contributed by atoms with van der Waals surface area (Å²) in [5.74, 6) is 0. The number of nitrogens with one attached hydrogen (secondary N) is 1. The van der Waals surface area contributed by atoms with Gasteiger partial charge in [-0.3, -0.25) is 4.72 Å². The van der Waals surface area contributed by atoms with Gasteiger partial charge in [-0.2, -0.15) is 13.2 Å². The van der Waals surface area contributed by atoms with Crippen LogP contribution < -0.4 is 4.72 Å². The third kappa shape index (κ3) is 4.48. The van der Waals surface area contributed by atoms with Gasteiger partial charge in [0, 0.05) is 26.4 Å². The minimum absolute atomic E-state index is 0.0360. The molecule has 0 aliphatic carbocycles. The maximum Gasteiger partial charge on any atom is 0.416 e. The van der Waals surface area contributed by atoms with Crippen molar-refractivity contribution in [1.29, 1.82) is 0 Å². The van der Waals surface area contributed by atoms with E-state index in [4.69, 9.17) is 34.8 Å². The highest BCUT2D eigenvalue weighted by molar-refractivity contribution is 9.10. The molecule has 1 N–H and O–H groups in total.